The zero-order valence-electron chi connectivity index (χ0n) is 36.7. The first-order valence-corrected chi connectivity index (χ1v) is 25.7. The van der Waals surface area contributed by atoms with Gasteiger partial charge in [0.1, 0.15) is 22.9 Å². The van der Waals surface area contributed by atoms with Crippen molar-refractivity contribution in [3.05, 3.63) is 79.1 Å². The molecule has 70 heavy (non-hydrogen) atoms. The second-order valence-corrected chi connectivity index (χ2v) is 22.4. The van der Waals surface area contributed by atoms with Crippen LogP contribution in [0.25, 0.3) is 22.5 Å². The average molecular weight is 1100 g/mol. The zero-order valence-corrected chi connectivity index (χ0v) is 40.5. The van der Waals surface area contributed by atoms with Crippen LogP contribution in [-0.4, -0.2) is 71.5 Å². The predicted octanol–water partition coefficient (Wildman–Crippen LogP) is 14.0. The van der Waals surface area contributed by atoms with Crippen LogP contribution in [0, 0.1) is 23.7 Å². The molecule has 2 aromatic carbocycles. The lowest BCUT2D eigenvalue weighted by Gasteiger charge is -2.37. The molecular formula is C46H45Cl4F9N2O8S. The maximum Gasteiger partial charge on any atom is 0.460 e. The standard InChI is InChI=1S/C25H22Cl2F9NO5S.C21H23Cl2NO3/c26-16-2-1-3-17(27)18(16)19-15(21(41-37-19)11-4-5-11)10-40-14-8-12-6-7-13(9-14)20(12)42-43(38,39)25(35,36)23(30,31)22(28,29)24(32,33)34;22-16-2-1-3-17(23)18(16)19-15(21(27-24-19)11-4-5-11)10-26-14-8-12-6-7-13(9-14)20(12)25/h1-3,11-14,20H,4-10H2;1-3,11-14,20,25H,4-10H2. The summed E-state index contributed by atoms with van der Waals surface area (Å²) in [4.78, 5) is 0. The normalized spacial score (nSPS) is 27.2. The Balaban J connectivity index is 0.000000192. The number of fused-ring (bicyclic) bond motifs is 4. The Morgan fingerprint density at radius 2 is 0.957 bits per heavy atom. The van der Waals surface area contributed by atoms with Gasteiger partial charge < -0.3 is 23.6 Å². The Bertz CT molecular complexity index is 2610. The van der Waals surface area contributed by atoms with E-state index in [1.807, 2.05) is 18.2 Å². The Kier molecular flexibility index (Phi) is 14.5. The lowest BCUT2D eigenvalue weighted by atomic mass is 9.84. The van der Waals surface area contributed by atoms with E-state index < -0.39 is 57.4 Å². The molecule has 6 aliphatic carbocycles. The predicted molar refractivity (Wildman–Crippen MR) is 237 cm³/mol. The molecule has 0 saturated heterocycles. The topological polar surface area (TPSA) is 134 Å². The summed E-state index contributed by atoms with van der Waals surface area (Å²) in [6.45, 7) is 0.392. The van der Waals surface area contributed by atoms with Gasteiger partial charge in [-0.15, -0.1) is 0 Å². The minimum absolute atomic E-state index is 0.00356. The van der Waals surface area contributed by atoms with Crippen LogP contribution in [0.1, 0.15) is 112 Å². The van der Waals surface area contributed by atoms with Crippen molar-refractivity contribution in [2.75, 3.05) is 0 Å². The van der Waals surface area contributed by atoms with Gasteiger partial charge in [-0.3, -0.25) is 4.18 Å². The second-order valence-electron chi connectivity index (χ2n) is 19.2. The Hall–Kier alpha value is -2.82. The Labute approximate surface area is 415 Å². The molecule has 0 aliphatic heterocycles. The highest BCUT2D eigenvalue weighted by Gasteiger charge is 2.86. The smallest absolute Gasteiger partial charge is 0.393 e. The van der Waals surface area contributed by atoms with Crippen LogP contribution < -0.4 is 0 Å². The largest absolute Gasteiger partial charge is 0.460 e. The van der Waals surface area contributed by atoms with E-state index in [4.69, 9.17) is 64.9 Å². The van der Waals surface area contributed by atoms with Crippen molar-refractivity contribution in [2.24, 2.45) is 23.7 Å². The van der Waals surface area contributed by atoms with Gasteiger partial charge in [-0.1, -0.05) is 68.8 Å². The molecule has 4 atom stereocenters. The molecule has 10 rings (SSSR count). The van der Waals surface area contributed by atoms with Crippen LogP contribution in [-0.2, 0) is 37.0 Å². The molecule has 24 heteroatoms. The van der Waals surface area contributed by atoms with Gasteiger partial charge in [0.2, 0.25) is 0 Å². The molecule has 384 valence electrons. The molecule has 4 unspecified atom stereocenters. The summed E-state index contributed by atoms with van der Waals surface area (Å²) in [6, 6.07) is 10.3. The molecule has 10 nitrogen and oxygen atoms in total. The highest BCUT2D eigenvalue weighted by molar-refractivity contribution is 7.87. The number of halogens is 13. The number of aromatic nitrogens is 2. The minimum atomic E-state index is -7.36. The molecule has 2 aromatic heterocycles. The fourth-order valence-electron chi connectivity index (χ4n) is 10.5. The molecular weight excluding hydrogens is 1050 g/mol. The van der Waals surface area contributed by atoms with Crippen molar-refractivity contribution in [2.45, 2.75) is 150 Å². The fraction of sp³-hybridized carbons (Fsp3) is 0.609. The summed E-state index contributed by atoms with van der Waals surface area (Å²) in [5.74, 6) is -13.6. The van der Waals surface area contributed by atoms with Crippen molar-refractivity contribution in [1.82, 2.24) is 10.3 Å². The summed E-state index contributed by atoms with van der Waals surface area (Å²) in [6.07, 6.45) is -0.953. The lowest BCUT2D eigenvalue weighted by molar-refractivity contribution is -0.383. The maximum atomic E-state index is 14.2. The van der Waals surface area contributed by atoms with Crippen LogP contribution >= 0.6 is 46.4 Å². The molecule has 0 amide bonds. The molecule has 0 spiro atoms. The molecule has 2 heterocycles. The van der Waals surface area contributed by atoms with Gasteiger partial charge >= 0.3 is 33.4 Å². The average Bonchev–Trinajstić information content (AvgIpc) is 4.21. The van der Waals surface area contributed by atoms with E-state index in [0.717, 1.165) is 62.7 Å². The first-order chi connectivity index (χ1) is 32.9. The van der Waals surface area contributed by atoms with E-state index in [0.29, 0.717) is 78.3 Å². The minimum Gasteiger partial charge on any atom is -0.393 e. The van der Waals surface area contributed by atoms with Gasteiger partial charge in [0, 0.05) is 34.1 Å². The summed E-state index contributed by atoms with van der Waals surface area (Å²) < 4.78 is 172. The van der Waals surface area contributed by atoms with E-state index >= 15 is 0 Å². The van der Waals surface area contributed by atoms with Crippen molar-refractivity contribution in [1.29, 1.82) is 0 Å². The highest BCUT2D eigenvalue weighted by atomic mass is 35.5. The van der Waals surface area contributed by atoms with Crippen LogP contribution in [0.3, 0.4) is 0 Å². The lowest BCUT2D eigenvalue weighted by Crippen LogP contribution is -2.63. The van der Waals surface area contributed by atoms with E-state index in [-0.39, 0.29) is 50.4 Å². The number of rotatable bonds is 15. The van der Waals surface area contributed by atoms with E-state index in [1.165, 1.54) is 0 Å². The van der Waals surface area contributed by atoms with Crippen LogP contribution in [0.5, 0.6) is 0 Å². The van der Waals surface area contributed by atoms with E-state index in [1.54, 1.807) is 18.2 Å². The van der Waals surface area contributed by atoms with E-state index in [9.17, 15) is 53.0 Å². The molecule has 1 N–H and O–H groups in total. The van der Waals surface area contributed by atoms with Gasteiger partial charge in [-0.25, -0.2) is 0 Å². The van der Waals surface area contributed by atoms with Gasteiger partial charge in [0.15, 0.2) is 0 Å². The SMILES string of the molecule is O=S(=O)(OC1C2CCC1CC(OCc1c(-c3c(Cl)cccc3Cl)noc1C1CC1)C2)C(F)(F)C(F)(F)C(F)(F)C(F)(F)F.OC1C2CCC1CC(OCc1c(-c3c(Cl)cccc3Cl)noc1C1CC1)C2. The first kappa shape index (κ1) is 52.1. The van der Waals surface area contributed by atoms with Crippen LogP contribution in [0.15, 0.2) is 45.4 Å². The molecule has 6 aliphatic rings. The molecule has 0 radical (unpaired) electrons. The number of aliphatic hydroxyl groups excluding tert-OH is 1. The number of ether oxygens (including phenoxy) is 2. The number of hydrogen-bond donors (Lipinski definition) is 1. The molecule has 6 saturated carbocycles. The van der Waals surface area contributed by atoms with Gasteiger partial charge in [-0.05, 0) is 125 Å². The number of alkyl halides is 9. The second kappa shape index (κ2) is 19.5. The first-order valence-electron chi connectivity index (χ1n) is 22.8. The number of hydrogen-bond acceptors (Lipinski definition) is 10. The van der Waals surface area contributed by atoms with E-state index in [2.05, 4.69) is 14.5 Å². The highest BCUT2D eigenvalue weighted by Crippen LogP contribution is 2.57. The van der Waals surface area contributed by atoms with Gasteiger partial charge in [0.25, 0.3) is 0 Å². The number of nitrogens with zero attached hydrogens (tertiary/aromatic N) is 2. The van der Waals surface area contributed by atoms with Crippen molar-refractivity contribution in [3.8, 4) is 22.5 Å². The summed E-state index contributed by atoms with van der Waals surface area (Å²) in [5.41, 5.74) is 3.73. The Morgan fingerprint density at radius 1 is 0.586 bits per heavy atom. The third-order valence-electron chi connectivity index (χ3n) is 14.5. The number of benzene rings is 2. The molecule has 6 fully saturated rings. The summed E-state index contributed by atoms with van der Waals surface area (Å²) in [5, 5.41) is 13.6. The van der Waals surface area contributed by atoms with Crippen molar-refractivity contribution in [3.63, 3.8) is 0 Å². The monoisotopic (exact) mass is 1100 g/mol. The summed E-state index contributed by atoms with van der Waals surface area (Å²) >= 11 is 25.5. The summed E-state index contributed by atoms with van der Waals surface area (Å²) in [7, 11) is -6.95. The van der Waals surface area contributed by atoms with Gasteiger partial charge in [-0.2, -0.15) is 47.9 Å². The quantitative estimate of drug-likeness (QED) is 0.0906. The molecule has 4 bridgehead atoms. The Morgan fingerprint density at radius 3 is 1.33 bits per heavy atom. The van der Waals surface area contributed by atoms with Gasteiger partial charge in [0.05, 0.1) is 57.7 Å². The maximum absolute atomic E-state index is 14.2. The number of aliphatic hydroxyl groups is 1. The third-order valence-corrected chi connectivity index (χ3v) is 17.1. The van der Waals surface area contributed by atoms with Crippen LogP contribution in [0.4, 0.5) is 39.5 Å². The third kappa shape index (κ3) is 9.72. The van der Waals surface area contributed by atoms with Crippen LogP contribution in [0.2, 0.25) is 20.1 Å². The molecule has 4 aromatic rings. The van der Waals surface area contributed by atoms with Crippen molar-refractivity contribution >= 4 is 56.5 Å². The zero-order chi connectivity index (χ0) is 50.3. The fourth-order valence-corrected chi connectivity index (χ4v) is 12.8. The van der Waals surface area contributed by atoms with Crippen molar-refractivity contribution < 1.29 is 75.7 Å².